The molecule has 0 aliphatic carbocycles. The van der Waals surface area contributed by atoms with Crippen molar-refractivity contribution in [3.63, 3.8) is 0 Å². The second kappa shape index (κ2) is 6.93. The minimum atomic E-state index is 0.429. The highest BCUT2D eigenvalue weighted by Gasteiger charge is 2.13. The van der Waals surface area contributed by atoms with Crippen LogP contribution < -0.4 is 5.32 Å². The van der Waals surface area contributed by atoms with Gasteiger partial charge in [0, 0.05) is 11.1 Å². The number of benzene rings is 1. The van der Waals surface area contributed by atoms with Crippen LogP contribution >= 0.6 is 11.6 Å². The molecule has 16 heavy (non-hydrogen) atoms. The van der Waals surface area contributed by atoms with Crippen molar-refractivity contribution in [1.82, 2.24) is 5.32 Å². The van der Waals surface area contributed by atoms with Gasteiger partial charge in [0.25, 0.3) is 0 Å². The van der Waals surface area contributed by atoms with Gasteiger partial charge in [0.2, 0.25) is 0 Å². The summed E-state index contributed by atoms with van der Waals surface area (Å²) in [6.07, 6.45) is 2.40. The highest BCUT2D eigenvalue weighted by molar-refractivity contribution is 6.30. The minimum absolute atomic E-state index is 0.429. The summed E-state index contributed by atoms with van der Waals surface area (Å²) >= 11 is 6.03. The quantitative estimate of drug-likeness (QED) is 0.775. The third-order valence-electron chi connectivity index (χ3n) is 3.04. The van der Waals surface area contributed by atoms with Crippen LogP contribution in [-0.2, 0) is 0 Å². The van der Waals surface area contributed by atoms with E-state index in [-0.39, 0.29) is 0 Å². The van der Waals surface area contributed by atoms with Crippen LogP contribution in [0.25, 0.3) is 0 Å². The van der Waals surface area contributed by atoms with Gasteiger partial charge in [0.1, 0.15) is 0 Å². The normalized spacial score (nSPS) is 14.8. The van der Waals surface area contributed by atoms with E-state index >= 15 is 0 Å². The number of nitrogens with one attached hydrogen (secondary N) is 1. The number of hydrogen-bond acceptors (Lipinski definition) is 1. The van der Waals surface area contributed by atoms with Gasteiger partial charge in [0.05, 0.1) is 0 Å². The molecule has 1 N–H and O–H groups in total. The minimum Gasteiger partial charge on any atom is -0.310 e. The Morgan fingerprint density at radius 2 is 2.06 bits per heavy atom. The monoisotopic (exact) mass is 239 g/mol. The van der Waals surface area contributed by atoms with Gasteiger partial charge >= 0.3 is 0 Å². The summed E-state index contributed by atoms with van der Waals surface area (Å²) in [5.74, 6) is 0.739. The van der Waals surface area contributed by atoms with E-state index in [4.69, 9.17) is 11.6 Å². The SMILES string of the molecule is CCNC(CC(C)CC)c1cccc(Cl)c1. The van der Waals surface area contributed by atoms with Gasteiger partial charge in [-0.15, -0.1) is 0 Å². The summed E-state index contributed by atoms with van der Waals surface area (Å²) in [7, 11) is 0. The summed E-state index contributed by atoms with van der Waals surface area (Å²) < 4.78 is 0. The standard InChI is InChI=1S/C14H22ClN/c1-4-11(3)9-14(16-5-2)12-7-6-8-13(15)10-12/h6-8,10-11,14,16H,4-5,9H2,1-3H3. The topological polar surface area (TPSA) is 12.0 Å². The lowest BCUT2D eigenvalue weighted by atomic mass is 9.94. The Balaban J connectivity index is 2.76. The first-order chi connectivity index (χ1) is 7.67. The summed E-state index contributed by atoms with van der Waals surface area (Å²) in [4.78, 5) is 0. The average molecular weight is 240 g/mol. The Kier molecular flexibility index (Phi) is 5.86. The van der Waals surface area contributed by atoms with Crippen molar-refractivity contribution in [2.45, 2.75) is 39.7 Å². The highest BCUT2D eigenvalue weighted by Crippen LogP contribution is 2.24. The van der Waals surface area contributed by atoms with Crippen LogP contribution in [0.1, 0.15) is 45.2 Å². The molecule has 0 amide bonds. The number of halogens is 1. The Morgan fingerprint density at radius 3 is 2.62 bits per heavy atom. The van der Waals surface area contributed by atoms with Gasteiger partial charge < -0.3 is 5.32 Å². The first-order valence-electron chi connectivity index (χ1n) is 6.16. The zero-order chi connectivity index (χ0) is 12.0. The van der Waals surface area contributed by atoms with Crippen molar-refractivity contribution in [1.29, 1.82) is 0 Å². The smallest absolute Gasteiger partial charge is 0.0409 e. The molecule has 2 atom stereocenters. The van der Waals surface area contributed by atoms with Crippen LogP contribution in [0.5, 0.6) is 0 Å². The molecule has 1 nitrogen and oxygen atoms in total. The largest absolute Gasteiger partial charge is 0.310 e. The van der Waals surface area contributed by atoms with E-state index in [0.717, 1.165) is 17.5 Å². The fourth-order valence-corrected chi connectivity index (χ4v) is 2.07. The van der Waals surface area contributed by atoms with Crippen LogP contribution in [-0.4, -0.2) is 6.54 Å². The lowest BCUT2D eigenvalue weighted by Gasteiger charge is -2.21. The van der Waals surface area contributed by atoms with Crippen LogP contribution in [0, 0.1) is 5.92 Å². The second-order valence-electron chi connectivity index (χ2n) is 4.41. The molecule has 0 spiro atoms. The van der Waals surface area contributed by atoms with E-state index in [1.807, 2.05) is 12.1 Å². The molecule has 0 aliphatic heterocycles. The van der Waals surface area contributed by atoms with Crippen LogP contribution in [0.4, 0.5) is 0 Å². The molecule has 90 valence electrons. The predicted molar refractivity (Wildman–Crippen MR) is 71.9 cm³/mol. The molecule has 0 aliphatic rings. The molecule has 0 heterocycles. The van der Waals surface area contributed by atoms with Crippen LogP contribution in [0.15, 0.2) is 24.3 Å². The predicted octanol–water partition coefficient (Wildman–Crippen LogP) is 4.43. The van der Waals surface area contributed by atoms with Gasteiger partial charge in [-0.2, -0.15) is 0 Å². The maximum absolute atomic E-state index is 6.03. The van der Waals surface area contributed by atoms with E-state index in [0.29, 0.717) is 6.04 Å². The van der Waals surface area contributed by atoms with Gasteiger partial charge in [-0.25, -0.2) is 0 Å². The van der Waals surface area contributed by atoms with Gasteiger partial charge in [-0.3, -0.25) is 0 Å². The zero-order valence-electron chi connectivity index (χ0n) is 10.5. The van der Waals surface area contributed by atoms with E-state index in [9.17, 15) is 0 Å². The third kappa shape index (κ3) is 4.15. The fraction of sp³-hybridized carbons (Fsp3) is 0.571. The van der Waals surface area contributed by atoms with E-state index < -0.39 is 0 Å². The lowest BCUT2D eigenvalue weighted by molar-refractivity contribution is 0.408. The molecule has 0 bridgehead atoms. The summed E-state index contributed by atoms with van der Waals surface area (Å²) in [5, 5.41) is 4.36. The van der Waals surface area contributed by atoms with Crippen molar-refractivity contribution in [2.75, 3.05) is 6.54 Å². The van der Waals surface area contributed by atoms with E-state index in [2.05, 4.69) is 38.2 Å². The molecule has 0 fully saturated rings. The third-order valence-corrected chi connectivity index (χ3v) is 3.27. The zero-order valence-corrected chi connectivity index (χ0v) is 11.2. The van der Waals surface area contributed by atoms with Crippen molar-refractivity contribution in [2.24, 2.45) is 5.92 Å². The van der Waals surface area contributed by atoms with Crippen molar-refractivity contribution in [3.8, 4) is 0 Å². The Bertz CT molecular complexity index is 311. The number of rotatable bonds is 6. The van der Waals surface area contributed by atoms with Crippen molar-refractivity contribution >= 4 is 11.6 Å². The first-order valence-corrected chi connectivity index (χ1v) is 6.54. The lowest BCUT2D eigenvalue weighted by Crippen LogP contribution is -2.22. The van der Waals surface area contributed by atoms with Crippen LogP contribution in [0.2, 0.25) is 5.02 Å². The molecule has 0 saturated heterocycles. The Hall–Kier alpha value is -0.530. The Labute approximate surface area is 104 Å². The van der Waals surface area contributed by atoms with E-state index in [1.54, 1.807) is 0 Å². The van der Waals surface area contributed by atoms with Crippen LogP contribution in [0.3, 0.4) is 0 Å². The molecular formula is C14H22ClN. The molecule has 1 rings (SSSR count). The van der Waals surface area contributed by atoms with Crippen molar-refractivity contribution < 1.29 is 0 Å². The molecular weight excluding hydrogens is 218 g/mol. The summed E-state index contributed by atoms with van der Waals surface area (Å²) in [6.45, 7) is 7.68. The first kappa shape index (κ1) is 13.5. The fourth-order valence-electron chi connectivity index (χ4n) is 1.88. The molecule has 2 heteroatoms. The molecule has 1 aromatic carbocycles. The second-order valence-corrected chi connectivity index (χ2v) is 4.85. The van der Waals surface area contributed by atoms with Gasteiger partial charge in [-0.1, -0.05) is 50.9 Å². The summed E-state index contributed by atoms with van der Waals surface area (Å²) in [6, 6.07) is 8.60. The number of hydrogen-bond donors (Lipinski definition) is 1. The van der Waals surface area contributed by atoms with Gasteiger partial charge in [-0.05, 0) is 36.6 Å². The molecule has 0 aromatic heterocycles. The Morgan fingerprint density at radius 1 is 1.31 bits per heavy atom. The highest BCUT2D eigenvalue weighted by atomic mass is 35.5. The maximum Gasteiger partial charge on any atom is 0.0409 e. The van der Waals surface area contributed by atoms with Gasteiger partial charge in [0.15, 0.2) is 0 Å². The van der Waals surface area contributed by atoms with Crippen molar-refractivity contribution in [3.05, 3.63) is 34.9 Å². The average Bonchev–Trinajstić information content (AvgIpc) is 2.28. The maximum atomic E-state index is 6.03. The molecule has 2 unspecified atom stereocenters. The molecule has 0 radical (unpaired) electrons. The van der Waals surface area contributed by atoms with E-state index in [1.165, 1.54) is 18.4 Å². The summed E-state index contributed by atoms with van der Waals surface area (Å²) in [5.41, 5.74) is 1.30. The molecule has 1 aromatic rings. The molecule has 0 saturated carbocycles.